The molecule has 1 aromatic rings. The Morgan fingerprint density at radius 2 is 1.86 bits per heavy atom. The maximum absolute atomic E-state index is 12.2. The molecule has 1 saturated heterocycles. The Balaban J connectivity index is 2.01. The molecule has 120 valence electrons. The average molecular weight is 304 g/mol. The molecule has 1 aromatic carbocycles. The van der Waals surface area contributed by atoms with Crippen molar-refractivity contribution < 1.29 is 14.3 Å². The lowest BCUT2D eigenvalue weighted by Crippen LogP contribution is -2.43. The molecule has 0 saturated carbocycles. The minimum Gasteiger partial charge on any atom is -0.489 e. The first-order valence-corrected chi connectivity index (χ1v) is 7.83. The Morgan fingerprint density at radius 1 is 1.23 bits per heavy atom. The summed E-state index contributed by atoms with van der Waals surface area (Å²) in [6, 6.07) is 7.15. The fourth-order valence-corrected chi connectivity index (χ4v) is 2.46. The summed E-state index contributed by atoms with van der Waals surface area (Å²) in [7, 11) is 0. The maximum atomic E-state index is 12.2. The highest BCUT2D eigenvalue weighted by Crippen LogP contribution is 2.25. The minimum absolute atomic E-state index is 0.00247. The molecule has 5 nitrogen and oxygen atoms in total. The van der Waals surface area contributed by atoms with Crippen LogP contribution in [0.3, 0.4) is 0 Å². The number of hydrogen-bond donors (Lipinski definition) is 1. The molecule has 0 aromatic heterocycles. The van der Waals surface area contributed by atoms with Gasteiger partial charge in [-0.3, -0.25) is 9.59 Å². The van der Waals surface area contributed by atoms with E-state index in [1.807, 2.05) is 19.9 Å². The number of nitrogens with one attached hydrogen (secondary N) is 1. The second-order valence-corrected chi connectivity index (χ2v) is 6.09. The number of likely N-dealkylation sites (tertiary alicyclic amines) is 1. The summed E-state index contributed by atoms with van der Waals surface area (Å²) in [6.07, 6.45) is 1.90. The Bertz CT molecular complexity index is 534. The van der Waals surface area contributed by atoms with Gasteiger partial charge < -0.3 is 15.0 Å². The number of benzene rings is 1. The van der Waals surface area contributed by atoms with Crippen molar-refractivity contribution in [1.82, 2.24) is 4.90 Å². The maximum Gasteiger partial charge on any atom is 0.314 e. The average Bonchev–Trinajstić information content (AvgIpc) is 2.48. The zero-order valence-corrected chi connectivity index (χ0v) is 13.5. The monoisotopic (exact) mass is 304 g/mol. The van der Waals surface area contributed by atoms with Gasteiger partial charge in [0, 0.05) is 13.1 Å². The smallest absolute Gasteiger partial charge is 0.314 e. The molecule has 0 unspecified atom stereocenters. The van der Waals surface area contributed by atoms with Gasteiger partial charge in [-0.1, -0.05) is 19.1 Å². The highest BCUT2D eigenvalue weighted by Gasteiger charge is 2.26. The van der Waals surface area contributed by atoms with Crippen molar-refractivity contribution in [2.45, 2.75) is 39.7 Å². The Hall–Kier alpha value is -2.04. The molecule has 0 atom stereocenters. The van der Waals surface area contributed by atoms with E-state index in [4.69, 9.17) is 4.74 Å². The van der Waals surface area contributed by atoms with E-state index in [0.29, 0.717) is 30.4 Å². The number of amides is 2. The van der Waals surface area contributed by atoms with E-state index in [2.05, 4.69) is 12.2 Å². The Morgan fingerprint density at radius 3 is 2.50 bits per heavy atom. The molecule has 2 amide bonds. The van der Waals surface area contributed by atoms with Crippen molar-refractivity contribution in [3.8, 4) is 5.75 Å². The van der Waals surface area contributed by atoms with Gasteiger partial charge in [-0.15, -0.1) is 0 Å². The number of ether oxygens (including phenoxy) is 1. The molecule has 1 N–H and O–H groups in total. The quantitative estimate of drug-likeness (QED) is 0.873. The first-order valence-electron chi connectivity index (χ1n) is 7.83. The summed E-state index contributed by atoms with van der Waals surface area (Å²) in [4.78, 5) is 26.0. The van der Waals surface area contributed by atoms with Crippen LogP contribution in [0.5, 0.6) is 5.75 Å². The fraction of sp³-hybridized carbons (Fsp3) is 0.529. The summed E-state index contributed by atoms with van der Waals surface area (Å²) in [5, 5.41) is 2.67. The summed E-state index contributed by atoms with van der Waals surface area (Å²) < 4.78 is 5.65. The number of nitrogens with zero attached hydrogens (tertiary/aromatic N) is 1. The van der Waals surface area contributed by atoms with Gasteiger partial charge in [0.1, 0.15) is 5.75 Å². The lowest BCUT2D eigenvalue weighted by Gasteiger charge is -2.29. The number of carbonyl (C=O) groups is 2. The Kier molecular flexibility index (Phi) is 5.41. The topological polar surface area (TPSA) is 58.6 Å². The molecule has 2 rings (SSSR count). The molecule has 1 heterocycles. The molecule has 0 spiro atoms. The molecule has 1 aliphatic rings. The third-order valence-electron chi connectivity index (χ3n) is 3.76. The number of anilines is 1. The fourth-order valence-electron chi connectivity index (χ4n) is 2.46. The minimum atomic E-state index is -0.602. The molecule has 0 radical (unpaired) electrons. The molecular weight excluding hydrogens is 280 g/mol. The summed E-state index contributed by atoms with van der Waals surface area (Å²) in [6.45, 7) is 7.30. The Labute approximate surface area is 131 Å². The molecule has 0 aliphatic carbocycles. The van der Waals surface area contributed by atoms with E-state index in [9.17, 15) is 9.59 Å². The van der Waals surface area contributed by atoms with E-state index < -0.39 is 11.8 Å². The van der Waals surface area contributed by atoms with Crippen LogP contribution < -0.4 is 10.1 Å². The van der Waals surface area contributed by atoms with E-state index in [1.54, 1.807) is 23.1 Å². The normalized spacial score (nSPS) is 15.7. The molecule has 5 heteroatoms. The number of piperidine rings is 1. The van der Waals surface area contributed by atoms with Gasteiger partial charge in [-0.2, -0.15) is 0 Å². The largest absolute Gasteiger partial charge is 0.489 e. The van der Waals surface area contributed by atoms with Crippen LogP contribution >= 0.6 is 0 Å². The van der Waals surface area contributed by atoms with Crippen molar-refractivity contribution in [1.29, 1.82) is 0 Å². The zero-order chi connectivity index (χ0) is 16.1. The van der Waals surface area contributed by atoms with Crippen LogP contribution in [0, 0.1) is 5.92 Å². The van der Waals surface area contributed by atoms with Crippen molar-refractivity contribution >= 4 is 17.5 Å². The van der Waals surface area contributed by atoms with Crippen molar-refractivity contribution in [3.63, 3.8) is 0 Å². The molecule has 0 bridgehead atoms. The van der Waals surface area contributed by atoms with Crippen LogP contribution in [-0.4, -0.2) is 35.9 Å². The van der Waals surface area contributed by atoms with Crippen molar-refractivity contribution in [2.75, 3.05) is 18.4 Å². The highest BCUT2D eigenvalue weighted by molar-refractivity contribution is 6.39. The van der Waals surface area contributed by atoms with Gasteiger partial charge in [0.2, 0.25) is 0 Å². The first kappa shape index (κ1) is 16.3. The summed E-state index contributed by atoms with van der Waals surface area (Å²) in [5.41, 5.74) is 0.528. The SMILES string of the molecule is CC1CCN(C(=O)C(=O)Nc2ccccc2OC(C)C)CC1. The van der Waals surface area contributed by atoms with E-state index in [0.717, 1.165) is 12.8 Å². The first-order chi connectivity index (χ1) is 10.5. The third-order valence-corrected chi connectivity index (χ3v) is 3.76. The van der Waals surface area contributed by atoms with Gasteiger partial charge in [-0.25, -0.2) is 0 Å². The van der Waals surface area contributed by atoms with E-state index in [-0.39, 0.29) is 6.10 Å². The molecule has 1 fully saturated rings. The third kappa shape index (κ3) is 4.23. The second kappa shape index (κ2) is 7.29. The van der Waals surface area contributed by atoms with E-state index >= 15 is 0 Å². The number of hydrogen-bond acceptors (Lipinski definition) is 3. The predicted molar refractivity (Wildman–Crippen MR) is 85.8 cm³/mol. The standard InChI is InChI=1S/C17H24N2O3/c1-12(2)22-15-7-5-4-6-14(15)18-16(20)17(21)19-10-8-13(3)9-11-19/h4-7,12-13H,8-11H2,1-3H3,(H,18,20). The predicted octanol–water partition coefficient (Wildman–Crippen LogP) is 2.67. The molecule has 1 aliphatic heterocycles. The van der Waals surface area contributed by atoms with Crippen LogP contribution in [0.2, 0.25) is 0 Å². The van der Waals surface area contributed by atoms with Gasteiger partial charge in [0.25, 0.3) is 0 Å². The number of para-hydroxylation sites is 2. The lowest BCUT2D eigenvalue weighted by molar-refractivity contribution is -0.144. The lowest BCUT2D eigenvalue weighted by atomic mass is 9.99. The van der Waals surface area contributed by atoms with E-state index in [1.165, 1.54) is 0 Å². The zero-order valence-electron chi connectivity index (χ0n) is 13.5. The molecular formula is C17H24N2O3. The van der Waals surface area contributed by atoms with Gasteiger partial charge in [0.15, 0.2) is 0 Å². The van der Waals surface area contributed by atoms with Gasteiger partial charge in [0.05, 0.1) is 11.8 Å². The van der Waals surface area contributed by atoms with Crippen molar-refractivity contribution in [2.24, 2.45) is 5.92 Å². The molecule has 22 heavy (non-hydrogen) atoms. The van der Waals surface area contributed by atoms with Crippen LogP contribution in [0.25, 0.3) is 0 Å². The van der Waals surface area contributed by atoms with Gasteiger partial charge >= 0.3 is 11.8 Å². The van der Waals surface area contributed by atoms with Crippen LogP contribution in [0.15, 0.2) is 24.3 Å². The number of rotatable bonds is 3. The van der Waals surface area contributed by atoms with Gasteiger partial charge in [-0.05, 0) is 44.7 Å². The highest BCUT2D eigenvalue weighted by atomic mass is 16.5. The second-order valence-electron chi connectivity index (χ2n) is 6.09. The van der Waals surface area contributed by atoms with Crippen LogP contribution in [0.4, 0.5) is 5.69 Å². The summed E-state index contributed by atoms with van der Waals surface area (Å²) in [5.74, 6) is 0.124. The van der Waals surface area contributed by atoms with Crippen molar-refractivity contribution in [3.05, 3.63) is 24.3 Å². The van der Waals surface area contributed by atoms with Crippen LogP contribution in [0.1, 0.15) is 33.6 Å². The van der Waals surface area contributed by atoms with Crippen LogP contribution in [-0.2, 0) is 9.59 Å². The number of carbonyl (C=O) groups excluding carboxylic acids is 2. The summed E-state index contributed by atoms with van der Waals surface area (Å²) >= 11 is 0.